The molecule has 1 saturated heterocycles. The highest BCUT2D eigenvalue weighted by Gasteiger charge is 2.16. The minimum Gasteiger partial charge on any atom is -0.381 e. The molecule has 0 saturated carbocycles. The Balaban J connectivity index is 1.88. The molecule has 18 heavy (non-hydrogen) atoms. The molecule has 1 aliphatic heterocycles. The van der Waals surface area contributed by atoms with E-state index in [0.717, 1.165) is 44.7 Å². The standard InChI is InChI=1S/C13H22N4O/c1-3-12(4-2)14-7-13-9-17(16-15-13)8-11-5-6-18-10-11/h7,9,11-12H,3-6,8,10H2,1-2H3/t11-/m1/s1. The van der Waals surface area contributed by atoms with Gasteiger partial charge in [0.15, 0.2) is 0 Å². The van der Waals surface area contributed by atoms with Gasteiger partial charge >= 0.3 is 0 Å². The van der Waals surface area contributed by atoms with E-state index in [1.807, 2.05) is 17.1 Å². The molecule has 0 bridgehead atoms. The van der Waals surface area contributed by atoms with Crippen LogP contribution in [0.15, 0.2) is 11.2 Å². The molecule has 5 heteroatoms. The highest BCUT2D eigenvalue weighted by atomic mass is 16.5. The Kier molecular flexibility index (Phi) is 4.87. The first-order valence-electron chi connectivity index (χ1n) is 6.82. The molecule has 0 amide bonds. The van der Waals surface area contributed by atoms with Gasteiger partial charge in [0.1, 0.15) is 5.69 Å². The van der Waals surface area contributed by atoms with Gasteiger partial charge in [0.2, 0.25) is 0 Å². The zero-order valence-corrected chi connectivity index (χ0v) is 11.2. The molecule has 2 rings (SSSR count). The Morgan fingerprint density at radius 1 is 1.56 bits per heavy atom. The third-order valence-electron chi connectivity index (χ3n) is 3.39. The smallest absolute Gasteiger partial charge is 0.123 e. The van der Waals surface area contributed by atoms with Crippen LogP contribution in [0.5, 0.6) is 0 Å². The number of hydrogen-bond donors (Lipinski definition) is 0. The second-order valence-electron chi connectivity index (χ2n) is 4.84. The number of hydrogen-bond acceptors (Lipinski definition) is 4. The summed E-state index contributed by atoms with van der Waals surface area (Å²) in [7, 11) is 0. The fourth-order valence-corrected chi connectivity index (χ4v) is 2.13. The Labute approximate surface area is 108 Å². The normalized spacial score (nSPS) is 20.3. The Bertz CT molecular complexity index is 378. The van der Waals surface area contributed by atoms with Crippen molar-refractivity contribution < 1.29 is 4.74 Å². The molecule has 0 aromatic carbocycles. The summed E-state index contributed by atoms with van der Waals surface area (Å²) < 4.78 is 7.25. The van der Waals surface area contributed by atoms with Crippen LogP contribution in [0.1, 0.15) is 38.8 Å². The van der Waals surface area contributed by atoms with Gasteiger partial charge in [-0.3, -0.25) is 9.67 Å². The lowest BCUT2D eigenvalue weighted by atomic mass is 10.1. The first-order chi connectivity index (χ1) is 8.81. The first kappa shape index (κ1) is 13.2. The zero-order valence-electron chi connectivity index (χ0n) is 11.2. The van der Waals surface area contributed by atoms with Crippen LogP contribution in [-0.4, -0.2) is 40.5 Å². The van der Waals surface area contributed by atoms with Gasteiger partial charge in [-0.25, -0.2) is 0 Å². The molecule has 1 aromatic rings. The Morgan fingerprint density at radius 3 is 3.06 bits per heavy atom. The summed E-state index contributed by atoms with van der Waals surface area (Å²) in [5, 5.41) is 8.25. The third-order valence-corrected chi connectivity index (χ3v) is 3.39. The molecule has 1 aromatic heterocycles. The fraction of sp³-hybridized carbons (Fsp3) is 0.769. The lowest BCUT2D eigenvalue weighted by molar-refractivity contribution is 0.181. The Hall–Kier alpha value is -1.23. The van der Waals surface area contributed by atoms with Crippen molar-refractivity contribution in [2.45, 2.75) is 45.7 Å². The van der Waals surface area contributed by atoms with Crippen LogP contribution in [0.3, 0.4) is 0 Å². The third kappa shape index (κ3) is 3.63. The molecule has 2 heterocycles. The van der Waals surface area contributed by atoms with Gasteiger partial charge < -0.3 is 4.74 Å². The molecule has 1 atom stereocenters. The molecule has 1 aliphatic rings. The summed E-state index contributed by atoms with van der Waals surface area (Å²) in [6.45, 7) is 6.93. The molecule has 5 nitrogen and oxygen atoms in total. The van der Waals surface area contributed by atoms with Gasteiger partial charge in [-0.15, -0.1) is 5.10 Å². The quantitative estimate of drug-likeness (QED) is 0.725. The maximum Gasteiger partial charge on any atom is 0.123 e. The van der Waals surface area contributed by atoms with Crippen LogP contribution in [0.25, 0.3) is 0 Å². The monoisotopic (exact) mass is 250 g/mol. The summed E-state index contributed by atoms with van der Waals surface area (Å²) in [6, 6.07) is 0.401. The number of aromatic nitrogens is 3. The van der Waals surface area contributed by atoms with E-state index in [9.17, 15) is 0 Å². The minimum absolute atomic E-state index is 0.401. The highest BCUT2D eigenvalue weighted by molar-refractivity contribution is 5.76. The topological polar surface area (TPSA) is 52.3 Å². The lowest BCUT2D eigenvalue weighted by Crippen LogP contribution is -2.11. The Morgan fingerprint density at radius 2 is 2.39 bits per heavy atom. The second kappa shape index (κ2) is 6.64. The molecular weight excluding hydrogens is 228 g/mol. The van der Waals surface area contributed by atoms with Crippen molar-refractivity contribution in [3.8, 4) is 0 Å². The van der Waals surface area contributed by atoms with E-state index in [4.69, 9.17) is 4.74 Å². The van der Waals surface area contributed by atoms with Gasteiger partial charge in [-0.05, 0) is 19.3 Å². The van der Waals surface area contributed by atoms with Crippen molar-refractivity contribution in [1.82, 2.24) is 15.0 Å². The van der Waals surface area contributed by atoms with Crippen molar-refractivity contribution in [3.05, 3.63) is 11.9 Å². The van der Waals surface area contributed by atoms with Gasteiger partial charge in [-0.1, -0.05) is 19.1 Å². The maximum absolute atomic E-state index is 5.36. The van der Waals surface area contributed by atoms with E-state index in [2.05, 4.69) is 29.2 Å². The van der Waals surface area contributed by atoms with Gasteiger partial charge in [0.05, 0.1) is 19.0 Å². The van der Waals surface area contributed by atoms with E-state index in [0.29, 0.717) is 12.0 Å². The SMILES string of the molecule is CCC(CC)N=Cc1cn(C[C@H]2CCOC2)nn1. The predicted molar refractivity (Wildman–Crippen MR) is 70.9 cm³/mol. The minimum atomic E-state index is 0.401. The number of aliphatic imine (C=N–C) groups is 1. The number of nitrogens with zero attached hydrogens (tertiary/aromatic N) is 4. The molecular formula is C13H22N4O. The van der Waals surface area contributed by atoms with Crippen molar-refractivity contribution >= 4 is 6.21 Å². The van der Waals surface area contributed by atoms with E-state index < -0.39 is 0 Å². The first-order valence-corrected chi connectivity index (χ1v) is 6.82. The van der Waals surface area contributed by atoms with Crippen LogP contribution >= 0.6 is 0 Å². The van der Waals surface area contributed by atoms with Crippen LogP contribution in [0, 0.1) is 5.92 Å². The van der Waals surface area contributed by atoms with Gasteiger partial charge in [0.25, 0.3) is 0 Å². The predicted octanol–water partition coefficient (Wildman–Crippen LogP) is 1.92. The van der Waals surface area contributed by atoms with Crippen molar-refractivity contribution in [3.63, 3.8) is 0 Å². The maximum atomic E-state index is 5.36. The number of rotatable bonds is 6. The summed E-state index contributed by atoms with van der Waals surface area (Å²) >= 11 is 0. The van der Waals surface area contributed by atoms with Crippen molar-refractivity contribution in [2.24, 2.45) is 10.9 Å². The average Bonchev–Trinajstić information content (AvgIpc) is 3.03. The van der Waals surface area contributed by atoms with Crippen LogP contribution in [0.2, 0.25) is 0 Å². The second-order valence-corrected chi connectivity index (χ2v) is 4.84. The summed E-state index contributed by atoms with van der Waals surface area (Å²) in [6.07, 6.45) is 7.06. The van der Waals surface area contributed by atoms with Crippen LogP contribution in [0.4, 0.5) is 0 Å². The molecule has 1 fully saturated rings. The van der Waals surface area contributed by atoms with E-state index in [1.165, 1.54) is 0 Å². The summed E-state index contributed by atoms with van der Waals surface area (Å²) in [4.78, 5) is 4.51. The zero-order chi connectivity index (χ0) is 12.8. The highest BCUT2D eigenvalue weighted by Crippen LogP contribution is 2.14. The molecule has 0 radical (unpaired) electrons. The molecule has 0 N–H and O–H groups in total. The fourth-order valence-electron chi connectivity index (χ4n) is 2.13. The number of ether oxygens (including phenoxy) is 1. The summed E-state index contributed by atoms with van der Waals surface area (Å²) in [5.41, 5.74) is 0.848. The van der Waals surface area contributed by atoms with Crippen molar-refractivity contribution in [1.29, 1.82) is 0 Å². The van der Waals surface area contributed by atoms with Gasteiger partial charge in [0, 0.05) is 25.1 Å². The average molecular weight is 250 g/mol. The van der Waals surface area contributed by atoms with E-state index >= 15 is 0 Å². The van der Waals surface area contributed by atoms with E-state index in [1.54, 1.807) is 0 Å². The van der Waals surface area contributed by atoms with Crippen LogP contribution < -0.4 is 0 Å². The molecule has 0 spiro atoms. The largest absolute Gasteiger partial charge is 0.381 e. The summed E-state index contributed by atoms with van der Waals surface area (Å²) in [5.74, 6) is 0.579. The molecule has 0 aliphatic carbocycles. The van der Waals surface area contributed by atoms with Gasteiger partial charge in [-0.2, -0.15) is 0 Å². The van der Waals surface area contributed by atoms with E-state index in [-0.39, 0.29) is 0 Å². The lowest BCUT2D eigenvalue weighted by Gasteiger charge is -2.05. The van der Waals surface area contributed by atoms with Crippen molar-refractivity contribution in [2.75, 3.05) is 13.2 Å². The molecule has 0 unspecified atom stereocenters. The van der Waals surface area contributed by atoms with Crippen LogP contribution in [-0.2, 0) is 11.3 Å². The molecule has 100 valence electrons.